The van der Waals surface area contributed by atoms with E-state index in [-0.39, 0.29) is 0 Å². The lowest BCUT2D eigenvalue weighted by molar-refractivity contribution is -0.133. The van der Waals surface area contributed by atoms with Gasteiger partial charge in [0.25, 0.3) is 0 Å². The molecule has 98 valence electrons. The topological polar surface area (TPSA) is 23.6 Å². The second-order valence-corrected chi connectivity index (χ2v) is 5.74. The fourth-order valence-corrected chi connectivity index (χ4v) is 3.01. The molecule has 3 heteroatoms. The van der Waals surface area contributed by atoms with Crippen molar-refractivity contribution in [3.8, 4) is 0 Å². The Balaban J connectivity index is 1.69. The second kappa shape index (κ2) is 6.39. The number of piperidine rings is 2. The van der Waals surface area contributed by atoms with Gasteiger partial charge in [-0.2, -0.15) is 0 Å². The summed E-state index contributed by atoms with van der Waals surface area (Å²) >= 11 is 0. The van der Waals surface area contributed by atoms with Crippen LogP contribution in [-0.4, -0.2) is 48.4 Å². The minimum atomic E-state index is 0.377. The lowest BCUT2D eigenvalue weighted by Gasteiger charge is -2.32. The van der Waals surface area contributed by atoms with Gasteiger partial charge in [0.1, 0.15) is 0 Å². The average molecular weight is 238 g/mol. The third kappa shape index (κ3) is 3.98. The van der Waals surface area contributed by atoms with E-state index >= 15 is 0 Å². The molecule has 2 aliphatic heterocycles. The van der Waals surface area contributed by atoms with Gasteiger partial charge in [-0.1, -0.05) is 13.3 Å². The summed E-state index contributed by atoms with van der Waals surface area (Å²) in [6.07, 6.45) is 7.21. The Bertz CT molecular complexity index is 249. The summed E-state index contributed by atoms with van der Waals surface area (Å²) in [5.74, 6) is 1.07. The number of rotatable bonds is 3. The molecule has 0 radical (unpaired) electrons. The van der Waals surface area contributed by atoms with Gasteiger partial charge in [0.05, 0.1) is 0 Å². The first-order valence-corrected chi connectivity index (χ1v) is 7.26. The average Bonchev–Trinajstić information content (AvgIpc) is 2.37. The number of carbonyl (C=O) groups excluding carboxylic acids is 1. The van der Waals surface area contributed by atoms with Crippen molar-refractivity contribution < 1.29 is 4.79 Å². The molecule has 0 spiro atoms. The van der Waals surface area contributed by atoms with E-state index < -0.39 is 0 Å². The molecule has 0 aromatic carbocycles. The minimum absolute atomic E-state index is 0.377. The number of likely N-dealkylation sites (tertiary alicyclic amines) is 2. The van der Waals surface area contributed by atoms with Gasteiger partial charge in [-0.25, -0.2) is 0 Å². The van der Waals surface area contributed by atoms with Crippen molar-refractivity contribution in [1.29, 1.82) is 0 Å². The molecular weight excluding hydrogens is 212 g/mol. The Kier molecular flexibility index (Phi) is 4.84. The zero-order valence-electron chi connectivity index (χ0n) is 11.2. The summed E-state index contributed by atoms with van der Waals surface area (Å²) in [6.45, 7) is 7.60. The van der Waals surface area contributed by atoms with Crippen molar-refractivity contribution >= 4 is 5.91 Å². The van der Waals surface area contributed by atoms with Crippen LogP contribution in [0.25, 0.3) is 0 Å². The lowest BCUT2D eigenvalue weighted by Crippen LogP contribution is -2.41. The Hall–Kier alpha value is -0.570. The second-order valence-electron chi connectivity index (χ2n) is 5.74. The van der Waals surface area contributed by atoms with Crippen LogP contribution in [0.15, 0.2) is 0 Å². The Morgan fingerprint density at radius 2 is 1.88 bits per heavy atom. The van der Waals surface area contributed by atoms with E-state index in [0.29, 0.717) is 11.8 Å². The van der Waals surface area contributed by atoms with Gasteiger partial charge in [-0.05, 0) is 44.7 Å². The molecule has 0 saturated carbocycles. The summed E-state index contributed by atoms with van der Waals surface area (Å²) in [5.41, 5.74) is 0. The number of hydrogen-bond acceptors (Lipinski definition) is 2. The van der Waals surface area contributed by atoms with Crippen molar-refractivity contribution in [3.63, 3.8) is 0 Å². The van der Waals surface area contributed by atoms with Crippen molar-refractivity contribution in [2.75, 3.05) is 32.7 Å². The maximum absolute atomic E-state index is 12.1. The van der Waals surface area contributed by atoms with Gasteiger partial charge in [0.2, 0.25) is 5.91 Å². The summed E-state index contributed by atoms with van der Waals surface area (Å²) in [5, 5.41) is 0. The van der Waals surface area contributed by atoms with Gasteiger partial charge < -0.3 is 9.80 Å². The first kappa shape index (κ1) is 12.9. The Morgan fingerprint density at radius 3 is 2.59 bits per heavy atom. The van der Waals surface area contributed by atoms with E-state index in [1.165, 1.54) is 45.2 Å². The molecule has 0 aliphatic carbocycles. The molecule has 0 aromatic heterocycles. The summed E-state index contributed by atoms with van der Waals surface area (Å²) in [4.78, 5) is 16.6. The third-order valence-corrected chi connectivity index (χ3v) is 4.10. The molecule has 1 amide bonds. The van der Waals surface area contributed by atoms with Crippen molar-refractivity contribution in [2.24, 2.45) is 5.92 Å². The maximum Gasteiger partial charge on any atom is 0.223 e. The molecule has 2 saturated heterocycles. The van der Waals surface area contributed by atoms with E-state index in [4.69, 9.17) is 0 Å². The third-order valence-electron chi connectivity index (χ3n) is 4.10. The normalized spacial score (nSPS) is 27.1. The molecule has 1 unspecified atom stereocenters. The monoisotopic (exact) mass is 238 g/mol. The molecule has 2 heterocycles. The first-order valence-electron chi connectivity index (χ1n) is 7.26. The van der Waals surface area contributed by atoms with Crippen molar-refractivity contribution in [3.05, 3.63) is 0 Å². The maximum atomic E-state index is 12.1. The standard InChI is InChI=1S/C14H26N2O/c1-13-6-5-10-16(12-13)14(17)7-11-15-8-3-2-4-9-15/h13H,2-12H2,1H3. The van der Waals surface area contributed by atoms with Crippen LogP contribution in [0.2, 0.25) is 0 Å². The fourth-order valence-electron chi connectivity index (χ4n) is 3.01. The van der Waals surface area contributed by atoms with Crippen LogP contribution in [0.1, 0.15) is 45.4 Å². The van der Waals surface area contributed by atoms with Gasteiger partial charge in [-0.15, -0.1) is 0 Å². The van der Waals surface area contributed by atoms with Gasteiger partial charge >= 0.3 is 0 Å². The number of carbonyl (C=O) groups is 1. The van der Waals surface area contributed by atoms with Crippen LogP contribution < -0.4 is 0 Å². The zero-order chi connectivity index (χ0) is 12.1. The highest BCUT2D eigenvalue weighted by Gasteiger charge is 2.21. The highest BCUT2D eigenvalue weighted by atomic mass is 16.2. The molecule has 1 atom stereocenters. The summed E-state index contributed by atoms with van der Waals surface area (Å²) in [6, 6.07) is 0. The van der Waals surface area contributed by atoms with Crippen molar-refractivity contribution in [1.82, 2.24) is 9.80 Å². The quantitative estimate of drug-likeness (QED) is 0.752. The number of nitrogens with zero attached hydrogens (tertiary/aromatic N) is 2. The van der Waals surface area contributed by atoms with E-state index in [2.05, 4.69) is 16.7 Å². The SMILES string of the molecule is CC1CCCN(C(=O)CCN2CCCCC2)C1. The molecule has 3 nitrogen and oxygen atoms in total. The minimum Gasteiger partial charge on any atom is -0.342 e. The van der Waals surface area contributed by atoms with Crippen LogP contribution in [0.5, 0.6) is 0 Å². The Morgan fingerprint density at radius 1 is 1.12 bits per heavy atom. The van der Waals surface area contributed by atoms with Gasteiger partial charge in [0.15, 0.2) is 0 Å². The van der Waals surface area contributed by atoms with Crippen LogP contribution in [0.4, 0.5) is 0 Å². The van der Waals surface area contributed by atoms with Crippen LogP contribution >= 0.6 is 0 Å². The molecular formula is C14H26N2O. The molecule has 0 bridgehead atoms. The molecule has 0 aromatic rings. The van der Waals surface area contributed by atoms with E-state index in [1.807, 2.05) is 0 Å². The summed E-state index contributed by atoms with van der Waals surface area (Å²) < 4.78 is 0. The lowest BCUT2D eigenvalue weighted by atomic mass is 10.00. The number of amides is 1. The van der Waals surface area contributed by atoms with Crippen LogP contribution in [0.3, 0.4) is 0 Å². The smallest absolute Gasteiger partial charge is 0.223 e. The van der Waals surface area contributed by atoms with Gasteiger partial charge in [0, 0.05) is 26.1 Å². The van der Waals surface area contributed by atoms with E-state index in [0.717, 1.165) is 26.1 Å². The van der Waals surface area contributed by atoms with E-state index in [9.17, 15) is 4.79 Å². The molecule has 2 fully saturated rings. The van der Waals surface area contributed by atoms with E-state index in [1.54, 1.807) is 0 Å². The molecule has 17 heavy (non-hydrogen) atoms. The molecule has 2 rings (SSSR count). The number of hydrogen-bond donors (Lipinski definition) is 0. The molecule has 0 N–H and O–H groups in total. The highest BCUT2D eigenvalue weighted by Crippen LogP contribution is 2.16. The van der Waals surface area contributed by atoms with Crippen molar-refractivity contribution in [2.45, 2.75) is 45.4 Å². The zero-order valence-corrected chi connectivity index (χ0v) is 11.2. The Labute approximate surface area is 105 Å². The van der Waals surface area contributed by atoms with Crippen LogP contribution in [-0.2, 0) is 4.79 Å². The first-order chi connectivity index (χ1) is 8.25. The highest BCUT2D eigenvalue weighted by molar-refractivity contribution is 5.76. The predicted molar refractivity (Wildman–Crippen MR) is 69.9 cm³/mol. The largest absolute Gasteiger partial charge is 0.342 e. The predicted octanol–water partition coefficient (Wildman–Crippen LogP) is 2.12. The fraction of sp³-hybridized carbons (Fsp3) is 0.929. The summed E-state index contributed by atoms with van der Waals surface area (Å²) in [7, 11) is 0. The van der Waals surface area contributed by atoms with Crippen LogP contribution in [0, 0.1) is 5.92 Å². The molecule has 2 aliphatic rings. The van der Waals surface area contributed by atoms with Gasteiger partial charge in [-0.3, -0.25) is 4.79 Å².